The maximum Gasteiger partial charge on any atom is 0.323 e. The molecule has 0 radical (unpaired) electrons. The highest BCUT2D eigenvalue weighted by molar-refractivity contribution is 5.33. The highest BCUT2D eigenvalue weighted by atomic mass is 16.5. The van der Waals surface area contributed by atoms with Gasteiger partial charge in [-0.3, -0.25) is 0 Å². The number of ether oxygens (including phenoxy) is 1. The molecule has 1 aliphatic rings. The van der Waals surface area contributed by atoms with Crippen molar-refractivity contribution in [2.75, 3.05) is 17.7 Å². The van der Waals surface area contributed by atoms with E-state index >= 15 is 0 Å². The standard InChI is InChI=1S/C12H21N5O/c1-3-18-12-16-10(13)15-11(17-12)14-9-7-5-4-6-8(9)2/h8-9H,3-7H2,1-2H3,(H3,13,14,15,16,17). The van der Waals surface area contributed by atoms with Crippen molar-refractivity contribution in [1.29, 1.82) is 0 Å². The van der Waals surface area contributed by atoms with Gasteiger partial charge in [0, 0.05) is 6.04 Å². The van der Waals surface area contributed by atoms with Crippen molar-refractivity contribution in [3.63, 3.8) is 0 Å². The summed E-state index contributed by atoms with van der Waals surface area (Å²) in [6, 6.07) is 0.700. The molecule has 0 saturated heterocycles. The van der Waals surface area contributed by atoms with Crippen molar-refractivity contribution in [3.8, 4) is 6.01 Å². The zero-order valence-corrected chi connectivity index (χ0v) is 11.0. The number of aromatic nitrogens is 3. The highest BCUT2D eigenvalue weighted by Crippen LogP contribution is 2.26. The molecule has 0 aromatic carbocycles. The van der Waals surface area contributed by atoms with E-state index in [2.05, 4.69) is 27.2 Å². The fourth-order valence-corrected chi connectivity index (χ4v) is 2.33. The van der Waals surface area contributed by atoms with Crippen LogP contribution in [0.1, 0.15) is 39.5 Å². The van der Waals surface area contributed by atoms with Crippen molar-refractivity contribution in [1.82, 2.24) is 15.0 Å². The first-order valence-corrected chi connectivity index (χ1v) is 6.60. The molecule has 1 aromatic heterocycles. The van der Waals surface area contributed by atoms with E-state index in [-0.39, 0.29) is 12.0 Å². The average molecular weight is 251 g/mol. The normalized spacial score (nSPS) is 23.7. The number of hydrogen-bond acceptors (Lipinski definition) is 6. The van der Waals surface area contributed by atoms with Gasteiger partial charge in [-0.25, -0.2) is 0 Å². The summed E-state index contributed by atoms with van der Waals surface area (Å²) in [6.45, 7) is 4.66. The van der Waals surface area contributed by atoms with E-state index in [9.17, 15) is 0 Å². The summed E-state index contributed by atoms with van der Waals surface area (Å²) in [4.78, 5) is 12.3. The second-order valence-corrected chi connectivity index (χ2v) is 4.75. The lowest BCUT2D eigenvalue weighted by Crippen LogP contribution is -2.31. The molecular formula is C12H21N5O. The predicted octanol–water partition coefficient (Wildman–Crippen LogP) is 1.84. The van der Waals surface area contributed by atoms with Crippen LogP contribution in [0.3, 0.4) is 0 Å². The molecule has 0 amide bonds. The van der Waals surface area contributed by atoms with Crippen molar-refractivity contribution in [3.05, 3.63) is 0 Å². The Morgan fingerprint density at radius 1 is 1.28 bits per heavy atom. The first-order chi connectivity index (χ1) is 8.69. The van der Waals surface area contributed by atoms with E-state index in [1.807, 2.05) is 6.92 Å². The third-order valence-corrected chi connectivity index (χ3v) is 3.33. The summed E-state index contributed by atoms with van der Waals surface area (Å²) in [6.07, 6.45) is 4.96. The van der Waals surface area contributed by atoms with Crippen molar-refractivity contribution < 1.29 is 4.74 Å². The molecule has 1 fully saturated rings. The Morgan fingerprint density at radius 2 is 2.06 bits per heavy atom. The average Bonchev–Trinajstić information content (AvgIpc) is 2.32. The van der Waals surface area contributed by atoms with Gasteiger partial charge in [0.25, 0.3) is 0 Å². The van der Waals surface area contributed by atoms with Crippen LogP contribution in [0.15, 0.2) is 0 Å². The van der Waals surface area contributed by atoms with Gasteiger partial charge in [0.05, 0.1) is 6.61 Å². The van der Waals surface area contributed by atoms with E-state index in [1.54, 1.807) is 0 Å². The topological polar surface area (TPSA) is 86.0 Å². The second kappa shape index (κ2) is 5.84. The van der Waals surface area contributed by atoms with Crippen LogP contribution in [0.2, 0.25) is 0 Å². The molecule has 1 heterocycles. The molecule has 100 valence electrons. The van der Waals surface area contributed by atoms with Crippen LogP contribution >= 0.6 is 0 Å². The maximum atomic E-state index is 5.65. The molecule has 2 atom stereocenters. The van der Waals surface area contributed by atoms with Crippen LogP contribution in [0, 0.1) is 5.92 Å². The maximum absolute atomic E-state index is 5.65. The Balaban J connectivity index is 2.07. The molecule has 0 spiro atoms. The lowest BCUT2D eigenvalue weighted by molar-refractivity contribution is 0.311. The van der Waals surface area contributed by atoms with Crippen molar-refractivity contribution in [2.45, 2.75) is 45.6 Å². The van der Waals surface area contributed by atoms with Gasteiger partial charge in [-0.2, -0.15) is 15.0 Å². The Kier molecular flexibility index (Phi) is 4.17. The van der Waals surface area contributed by atoms with E-state index in [4.69, 9.17) is 10.5 Å². The summed E-state index contributed by atoms with van der Waals surface area (Å²) in [5.41, 5.74) is 5.65. The summed E-state index contributed by atoms with van der Waals surface area (Å²) < 4.78 is 5.26. The van der Waals surface area contributed by atoms with Crippen molar-refractivity contribution in [2.24, 2.45) is 5.92 Å². The van der Waals surface area contributed by atoms with Crippen molar-refractivity contribution >= 4 is 11.9 Å². The van der Waals surface area contributed by atoms with Gasteiger partial charge >= 0.3 is 6.01 Å². The first-order valence-electron chi connectivity index (χ1n) is 6.60. The molecular weight excluding hydrogens is 230 g/mol. The van der Waals surface area contributed by atoms with Crippen LogP contribution in [-0.2, 0) is 0 Å². The Morgan fingerprint density at radius 3 is 2.78 bits per heavy atom. The molecule has 2 unspecified atom stereocenters. The van der Waals surface area contributed by atoms with Gasteiger partial charge in [-0.05, 0) is 25.7 Å². The fraction of sp³-hybridized carbons (Fsp3) is 0.750. The Hall–Kier alpha value is -1.59. The third kappa shape index (κ3) is 3.21. The number of hydrogen-bond donors (Lipinski definition) is 2. The van der Waals surface area contributed by atoms with Crippen LogP contribution in [0.25, 0.3) is 0 Å². The minimum Gasteiger partial charge on any atom is -0.464 e. The zero-order chi connectivity index (χ0) is 13.0. The Labute approximate surface area is 107 Å². The molecule has 1 saturated carbocycles. The lowest BCUT2D eigenvalue weighted by Gasteiger charge is -2.29. The molecule has 0 aliphatic heterocycles. The summed E-state index contributed by atoms with van der Waals surface area (Å²) >= 11 is 0. The van der Waals surface area contributed by atoms with Gasteiger partial charge in [0.1, 0.15) is 0 Å². The van der Waals surface area contributed by atoms with Gasteiger partial charge in [0.2, 0.25) is 11.9 Å². The van der Waals surface area contributed by atoms with Crippen LogP contribution in [0.5, 0.6) is 6.01 Å². The number of nitrogens with two attached hydrogens (primary N) is 1. The fourth-order valence-electron chi connectivity index (χ4n) is 2.33. The minimum atomic E-state index is 0.194. The molecule has 2 rings (SSSR count). The number of nitrogens with one attached hydrogen (secondary N) is 1. The second-order valence-electron chi connectivity index (χ2n) is 4.75. The Bertz CT molecular complexity index is 398. The smallest absolute Gasteiger partial charge is 0.323 e. The van der Waals surface area contributed by atoms with Crippen LogP contribution in [-0.4, -0.2) is 27.6 Å². The largest absolute Gasteiger partial charge is 0.464 e. The number of nitrogens with zero attached hydrogens (tertiary/aromatic N) is 3. The zero-order valence-electron chi connectivity index (χ0n) is 11.0. The lowest BCUT2D eigenvalue weighted by atomic mass is 9.86. The van der Waals surface area contributed by atoms with Gasteiger partial charge in [-0.1, -0.05) is 19.8 Å². The van der Waals surface area contributed by atoms with Gasteiger partial charge < -0.3 is 15.8 Å². The van der Waals surface area contributed by atoms with Gasteiger partial charge in [-0.15, -0.1) is 0 Å². The van der Waals surface area contributed by atoms with Crippen LogP contribution in [0.4, 0.5) is 11.9 Å². The molecule has 6 heteroatoms. The van der Waals surface area contributed by atoms with Crippen LogP contribution < -0.4 is 15.8 Å². The molecule has 0 bridgehead atoms. The monoisotopic (exact) mass is 251 g/mol. The summed E-state index contributed by atoms with van der Waals surface area (Å²) in [5.74, 6) is 1.34. The summed E-state index contributed by atoms with van der Waals surface area (Å²) in [7, 11) is 0. The highest BCUT2D eigenvalue weighted by Gasteiger charge is 2.22. The van der Waals surface area contributed by atoms with E-state index in [1.165, 1.54) is 19.3 Å². The molecule has 1 aliphatic carbocycles. The van der Waals surface area contributed by atoms with E-state index < -0.39 is 0 Å². The SMILES string of the molecule is CCOc1nc(N)nc(NC2CCCCC2C)n1. The molecule has 18 heavy (non-hydrogen) atoms. The quantitative estimate of drug-likeness (QED) is 0.849. The number of rotatable bonds is 4. The first kappa shape index (κ1) is 12.9. The van der Waals surface area contributed by atoms with Gasteiger partial charge in [0.15, 0.2) is 0 Å². The molecule has 1 aromatic rings. The molecule has 6 nitrogen and oxygen atoms in total. The van der Waals surface area contributed by atoms with E-state index in [0.29, 0.717) is 24.5 Å². The van der Waals surface area contributed by atoms with E-state index in [0.717, 1.165) is 6.42 Å². The predicted molar refractivity (Wildman–Crippen MR) is 70.5 cm³/mol. The number of nitrogen functional groups attached to an aromatic ring is 1. The molecule has 3 N–H and O–H groups in total. The summed E-state index contributed by atoms with van der Waals surface area (Å²) in [5, 5.41) is 3.35. The third-order valence-electron chi connectivity index (χ3n) is 3.33. The number of anilines is 2. The minimum absolute atomic E-state index is 0.194.